The maximum atomic E-state index is 9.39. The minimum absolute atomic E-state index is 0. The van der Waals surface area contributed by atoms with Crippen molar-refractivity contribution in [2.75, 3.05) is 19.6 Å². The summed E-state index contributed by atoms with van der Waals surface area (Å²) in [5.74, 6) is 0. The predicted octanol–water partition coefficient (Wildman–Crippen LogP) is -0.330. The summed E-state index contributed by atoms with van der Waals surface area (Å²) in [4.78, 5) is 2.38. The summed E-state index contributed by atoms with van der Waals surface area (Å²) in [5, 5.41) is 0. The molecule has 0 saturated carbocycles. The van der Waals surface area contributed by atoms with Crippen molar-refractivity contribution >= 4 is 43.7 Å². The first kappa shape index (κ1) is 19.8. The Morgan fingerprint density at radius 3 is 1.23 bits per heavy atom. The van der Waals surface area contributed by atoms with E-state index in [1.807, 2.05) is 0 Å². The molecule has 0 heterocycles. The van der Waals surface area contributed by atoms with Gasteiger partial charge in [0.2, 0.25) is 0 Å². The average molecular weight is 265 g/mol. The van der Waals surface area contributed by atoms with Crippen molar-refractivity contribution in [1.82, 2.24) is 4.90 Å². The van der Waals surface area contributed by atoms with E-state index in [1.54, 1.807) is 0 Å². The molecule has 0 amide bonds. The normalized spacial score (nSPS) is 10.1. The van der Waals surface area contributed by atoms with Crippen LogP contribution in [0.1, 0.15) is 20.8 Å². The second-order valence-corrected chi connectivity index (χ2v) is 5.96. The van der Waals surface area contributed by atoms with Crippen LogP contribution < -0.4 is 0 Å². The van der Waals surface area contributed by atoms with Crippen molar-refractivity contribution < 1.29 is 11.9 Å². The molecule has 0 aromatic heterocycles. The van der Waals surface area contributed by atoms with E-state index in [9.17, 15) is 3.74 Å². The van der Waals surface area contributed by atoms with E-state index in [0.29, 0.717) is 0 Å². The maximum absolute atomic E-state index is 9.39. The third-order valence-corrected chi connectivity index (χ3v) is 1.34. The van der Waals surface area contributed by atoms with E-state index in [4.69, 9.17) is 8.19 Å². The Kier molecular flexibility index (Phi) is 17.2. The average Bonchev–Trinajstić information content (AvgIpc) is 1.88. The monoisotopic (exact) mass is 265 g/mol. The van der Waals surface area contributed by atoms with Gasteiger partial charge in [0.1, 0.15) is 0 Å². The van der Waals surface area contributed by atoms with Gasteiger partial charge in [-0.2, -0.15) is 0 Å². The minimum atomic E-state index is -4.12. The molecule has 0 fully saturated rings. The van der Waals surface area contributed by atoms with Gasteiger partial charge >= 0.3 is 61.4 Å². The van der Waals surface area contributed by atoms with Crippen molar-refractivity contribution in [3.8, 4) is 0 Å². The molecule has 6 heteroatoms. The topological polar surface area (TPSA) is 60.8 Å². The number of rotatable bonds is 3. The Morgan fingerprint density at radius 2 is 1.23 bits per heavy atom. The zero-order valence-corrected chi connectivity index (χ0v) is 10.2. The molecule has 0 saturated heterocycles. The predicted molar refractivity (Wildman–Crippen MR) is 57.4 cm³/mol. The summed E-state index contributed by atoms with van der Waals surface area (Å²) < 4.78 is 24.8. The van der Waals surface area contributed by atoms with Gasteiger partial charge < -0.3 is 4.90 Å². The van der Waals surface area contributed by atoms with Crippen LogP contribution in [0.4, 0.5) is 0 Å². The molecule has 0 unspecified atom stereocenters. The van der Waals surface area contributed by atoms with E-state index in [-0.39, 0.29) is 29.6 Å². The molecule has 0 spiro atoms. The third kappa shape index (κ3) is 31.9. The molecule has 0 aliphatic heterocycles. The Labute approximate surface area is 106 Å². The van der Waals surface area contributed by atoms with Gasteiger partial charge in [-0.3, -0.25) is 0 Å². The first-order chi connectivity index (χ1) is 5.35. The molecule has 78 valence electrons. The molecule has 0 atom stereocenters. The quantitative estimate of drug-likeness (QED) is 0.686. The van der Waals surface area contributed by atoms with E-state index < -0.39 is 14.2 Å². The van der Waals surface area contributed by atoms with Gasteiger partial charge in [-0.1, -0.05) is 20.8 Å². The zero-order valence-electron chi connectivity index (χ0n) is 8.32. The summed E-state index contributed by atoms with van der Waals surface area (Å²) >= 11 is -4.12. The summed E-state index contributed by atoms with van der Waals surface area (Å²) in [6.07, 6.45) is 0. The van der Waals surface area contributed by atoms with Crippen molar-refractivity contribution in [3.63, 3.8) is 0 Å². The molecule has 13 heavy (non-hydrogen) atoms. The summed E-state index contributed by atoms with van der Waals surface area (Å²) in [7, 11) is 0. The van der Waals surface area contributed by atoms with Crippen LogP contribution >= 0.6 is 0 Å². The number of hydrogen-bond donors (Lipinski definition) is 2. The van der Waals surface area contributed by atoms with E-state index in [2.05, 4.69) is 25.7 Å². The van der Waals surface area contributed by atoms with Crippen LogP contribution in [0.5, 0.6) is 0 Å². The van der Waals surface area contributed by atoms with Crippen LogP contribution in [0.2, 0.25) is 5.71 Å². The van der Waals surface area contributed by atoms with Crippen LogP contribution in [0.15, 0.2) is 0 Å². The van der Waals surface area contributed by atoms with Crippen LogP contribution in [-0.4, -0.2) is 76.5 Å². The molecular weight excluding hydrogens is 244 g/mol. The molecule has 0 aliphatic rings. The molecule has 0 bridgehead atoms. The molecule has 0 aromatic rings. The van der Waals surface area contributed by atoms with E-state index in [0.717, 1.165) is 5.71 Å². The van der Waals surface area contributed by atoms with Crippen molar-refractivity contribution in [3.05, 3.63) is 0 Å². The first-order valence-corrected chi connectivity index (χ1v) is 8.42. The van der Waals surface area contributed by atoms with E-state index in [1.165, 1.54) is 19.6 Å². The standard InChI is InChI=1S/C6H15N.CH5AsO3.Na.H/c1-4-7(5-2)6-3;1-2(3,4)5;;/h4-6H2,1-3H3;1H3,(H2,3,4,5);;. The van der Waals surface area contributed by atoms with Gasteiger partial charge in [-0.25, -0.2) is 0 Å². The number of hydrogen-bond acceptors (Lipinski definition) is 2. The second kappa shape index (κ2) is 11.3. The van der Waals surface area contributed by atoms with E-state index >= 15 is 0 Å². The van der Waals surface area contributed by atoms with Crippen LogP contribution in [-0.2, 0) is 3.74 Å². The Balaban J connectivity index is -0.000000150. The SMILES string of the molecule is CCN(CC)CC.C[As](=O)(O)O.[NaH]. The fourth-order valence-corrected chi connectivity index (χ4v) is 0.671. The molecular formula is C7H21AsNNaO3. The Bertz CT molecular complexity index is 122. The van der Waals surface area contributed by atoms with Gasteiger partial charge in [0.15, 0.2) is 0 Å². The molecule has 0 aliphatic carbocycles. The molecule has 4 nitrogen and oxygen atoms in total. The van der Waals surface area contributed by atoms with Crippen molar-refractivity contribution in [2.24, 2.45) is 0 Å². The Morgan fingerprint density at radius 1 is 1.08 bits per heavy atom. The van der Waals surface area contributed by atoms with Gasteiger partial charge in [-0.05, 0) is 19.6 Å². The van der Waals surface area contributed by atoms with Crippen LogP contribution in [0.3, 0.4) is 0 Å². The van der Waals surface area contributed by atoms with Crippen molar-refractivity contribution in [2.45, 2.75) is 26.5 Å². The molecule has 0 radical (unpaired) electrons. The third-order valence-electron chi connectivity index (χ3n) is 1.34. The van der Waals surface area contributed by atoms with Gasteiger partial charge in [-0.15, -0.1) is 0 Å². The molecule has 0 rings (SSSR count). The zero-order chi connectivity index (χ0) is 10.2. The van der Waals surface area contributed by atoms with Crippen molar-refractivity contribution in [1.29, 1.82) is 0 Å². The Hall–Kier alpha value is 1.24. The fourth-order valence-electron chi connectivity index (χ4n) is 0.671. The summed E-state index contributed by atoms with van der Waals surface area (Å²) in [5.41, 5.74) is 0.915. The summed E-state index contributed by atoms with van der Waals surface area (Å²) in [6, 6.07) is 0. The first-order valence-electron chi connectivity index (χ1n) is 4.10. The summed E-state index contributed by atoms with van der Waals surface area (Å²) in [6.45, 7) is 10.1. The fraction of sp³-hybridized carbons (Fsp3) is 1.00. The number of nitrogens with zero attached hydrogens (tertiary/aromatic N) is 1. The van der Waals surface area contributed by atoms with Gasteiger partial charge in [0.05, 0.1) is 0 Å². The van der Waals surface area contributed by atoms with Gasteiger partial charge in [0, 0.05) is 0 Å². The van der Waals surface area contributed by atoms with Gasteiger partial charge in [0.25, 0.3) is 0 Å². The van der Waals surface area contributed by atoms with Crippen LogP contribution in [0, 0.1) is 0 Å². The second-order valence-electron chi connectivity index (χ2n) is 2.45. The molecule has 0 aromatic carbocycles. The van der Waals surface area contributed by atoms with Crippen LogP contribution in [0.25, 0.3) is 0 Å². The molecule has 2 N–H and O–H groups in total.